The lowest BCUT2D eigenvalue weighted by Crippen LogP contribution is -2.30. The molecule has 0 spiro atoms. The van der Waals surface area contributed by atoms with Gasteiger partial charge in [0.2, 0.25) is 0 Å². The van der Waals surface area contributed by atoms with Crippen LogP contribution in [-0.4, -0.2) is 20.2 Å². The van der Waals surface area contributed by atoms with E-state index in [1.165, 1.54) is 31.4 Å². The summed E-state index contributed by atoms with van der Waals surface area (Å²) in [4.78, 5) is 0. The zero-order valence-corrected chi connectivity index (χ0v) is 10.6. The number of ether oxygens (including phenoxy) is 1. The first kappa shape index (κ1) is 13.3. The Kier molecular flexibility index (Phi) is 5.64. The molecule has 1 aromatic carbocycles. The first-order valence-corrected chi connectivity index (χ1v) is 5.72. The van der Waals surface area contributed by atoms with Crippen molar-refractivity contribution in [2.75, 3.05) is 20.2 Å². The van der Waals surface area contributed by atoms with Gasteiger partial charge in [-0.25, -0.2) is 0 Å². The molecule has 1 aromatic rings. The summed E-state index contributed by atoms with van der Waals surface area (Å²) in [6, 6.07) is 8.42. The molecule has 0 amide bonds. The fourth-order valence-electron chi connectivity index (χ4n) is 2.23. The average molecular weight is 242 g/mol. The van der Waals surface area contributed by atoms with E-state index in [9.17, 15) is 0 Å². The number of hydrogen-bond acceptors (Lipinski definition) is 2. The highest BCUT2D eigenvalue weighted by Gasteiger charge is 2.13. The molecule has 1 atom stereocenters. The number of nitrogens with one attached hydrogen (secondary N) is 1. The summed E-state index contributed by atoms with van der Waals surface area (Å²) < 4.78 is 5.23. The molecule has 2 nitrogen and oxygen atoms in total. The van der Waals surface area contributed by atoms with Crippen LogP contribution in [0, 0.1) is 5.92 Å². The van der Waals surface area contributed by atoms with Gasteiger partial charge in [-0.2, -0.15) is 0 Å². The monoisotopic (exact) mass is 241 g/mol. The van der Waals surface area contributed by atoms with Gasteiger partial charge in [0.1, 0.15) is 5.75 Å². The number of hydrogen-bond donors (Lipinski definition) is 1. The smallest absolute Gasteiger partial charge is 0.119 e. The van der Waals surface area contributed by atoms with Crippen molar-refractivity contribution in [3.63, 3.8) is 0 Å². The van der Waals surface area contributed by atoms with Gasteiger partial charge in [0.25, 0.3) is 0 Å². The van der Waals surface area contributed by atoms with E-state index in [4.69, 9.17) is 4.74 Å². The minimum Gasteiger partial charge on any atom is -0.497 e. The largest absolute Gasteiger partial charge is 0.497 e. The fourth-order valence-corrected chi connectivity index (χ4v) is 2.23. The first-order chi connectivity index (χ1) is 7.38. The minimum absolute atomic E-state index is 0. The second-order valence-corrected chi connectivity index (χ2v) is 4.27. The molecule has 0 saturated carbocycles. The van der Waals surface area contributed by atoms with E-state index < -0.39 is 0 Å². The molecule has 1 N–H and O–H groups in total. The lowest BCUT2D eigenvalue weighted by Gasteiger charge is -2.22. The Labute approximate surface area is 104 Å². The van der Waals surface area contributed by atoms with E-state index in [1.807, 2.05) is 6.07 Å². The highest BCUT2D eigenvalue weighted by atomic mass is 35.5. The van der Waals surface area contributed by atoms with E-state index in [-0.39, 0.29) is 12.4 Å². The number of benzene rings is 1. The van der Waals surface area contributed by atoms with E-state index >= 15 is 0 Å². The highest BCUT2D eigenvalue weighted by Crippen LogP contribution is 2.19. The van der Waals surface area contributed by atoms with Crippen LogP contribution in [0.4, 0.5) is 0 Å². The minimum atomic E-state index is 0. The third-order valence-corrected chi connectivity index (χ3v) is 3.06. The van der Waals surface area contributed by atoms with Crippen molar-refractivity contribution in [1.29, 1.82) is 0 Å². The maximum atomic E-state index is 5.23. The topological polar surface area (TPSA) is 21.3 Å². The van der Waals surface area contributed by atoms with Crippen LogP contribution in [0.5, 0.6) is 5.75 Å². The van der Waals surface area contributed by atoms with Gasteiger partial charge in [-0.15, -0.1) is 12.4 Å². The molecular formula is C13H20ClNO. The van der Waals surface area contributed by atoms with E-state index in [0.717, 1.165) is 18.2 Å². The van der Waals surface area contributed by atoms with Crippen LogP contribution in [0.3, 0.4) is 0 Å². The van der Waals surface area contributed by atoms with Crippen LogP contribution < -0.4 is 10.1 Å². The standard InChI is InChI=1S/C13H19NO.ClH/c1-15-13-6-2-4-11(9-13)8-12-5-3-7-14-10-12;/h2,4,6,9,12,14H,3,5,7-8,10H2,1H3;1H. The highest BCUT2D eigenvalue weighted by molar-refractivity contribution is 5.85. The van der Waals surface area contributed by atoms with E-state index in [0.29, 0.717) is 0 Å². The van der Waals surface area contributed by atoms with Crippen molar-refractivity contribution >= 4 is 12.4 Å². The molecule has 16 heavy (non-hydrogen) atoms. The predicted octanol–water partition coefficient (Wildman–Crippen LogP) is 2.66. The molecule has 1 heterocycles. The lowest BCUT2D eigenvalue weighted by atomic mass is 9.92. The summed E-state index contributed by atoms with van der Waals surface area (Å²) in [5, 5.41) is 3.45. The van der Waals surface area contributed by atoms with Gasteiger partial charge in [-0.3, -0.25) is 0 Å². The van der Waals surface area contributed by atoms with Crippen LogP contribution >= 0.6 is 12.4 Å². The summed E-state index contributed by atoms with van der Waals surface area (Å²) in [5.74, 6) is 1.77. The molecule has 1 saturated heterocycles. The molecule has 1 unspecified atom stereocenters. The van der Waals surface area contributed by atoms with Crippen LogP contribution in [0.2, 0.25) is 0 Å². The Morgan fingerprint density at radius 3 is 3.00 bits per heavy atom. The SMILES string of the molecule is COc1cccc(CC2CCCNC2)c1.Cl. The average Bonchev–Trinajstić information content (AvgIpc) is 2.31. The maximum Gasteiger partial charge on any atom is 0.119 e. The molecule has 0 bridgehead atoms. The van der Waals surface area contributed by atoms with Gasteiger partial charge >= 0.3 is 0 Å². The van der Waals surface area contributed by atoms with Gasteiger partial charge in [-0.05, 0) is 56.0 Å². The van der Waals surface area contributed by atoms with Crippen molar-refractivity contribution in [2.45, 2.75) is 19.3 Å². The number of rotatable bonds is 3. The van der Waals surface area contributed by atoms with Crippen molar-refractivity contribution in [1.82, 2.24) is 5.32 Å². The van der Waals surface area contributed by atoms with Crippen molar-refractivity contribution < 1.29 is 4.74 Å². The van der Waals surface area contributed by atoms with Gasteiger partial charge < -0.3 is 10.1 Å². The summed E-state index contributed by atoms with van der Waals surface area (Å²) in [7, 11) is 1.72. The molecule has 0 aliphatic carbocycles. The van der Waals surface area contributed by atoms with Gasteiger partial charge in [-0.1, -0.05) is 12.1 Å². The quantitative estimate of drug-likeness (QED) is 0.879. The second-order valence-electron chi connectivity index (χ2n) is 4.27. The summed E-state index contributed by atoms with van der Waals surface area (Å²) in [6.07, 6.45) is 3.84. The van der Waals surface area contributed by atoms with Crippen molar-refractivity contribution in [2.24, 2.45) is 5.92 Å². The Morgan fingerprint density at radius 1 is 1.44 bits per heavy atom. The van der Waals surface area contributed by atoms with Gasteiger partial charge in [0.15, 0.2) is 0 Å². The molecular weight excluding hydrogens is 222 g/mol. The lowest BCUT2D eigenvalue weighted by molar-refractivity contribution is 0.374. The maximum absolute atomic E-state index is 5.23. The molecule has 1 aliphatic heterocycles. The van der Waals surface area contributed by atoms with Crippen LogP contribution in [0.15, 0.2) is 24.3 Å². The third kappa shape index (κ3) is 3.69. The Balaban J connectivity index is 0.00000128. The zero-order chi connectivity index (χ0) is 10.5. The van der Waals surface area contributed by atoms with Gasteiger partial charge in [0, 0.05) is 0 Å². The molecule has 0 radical (unpaired) electrons. The molecule has 90 valence electrons. The molecule has 0 aromatic heterocycles. The number of piperidine rings is 1. The van der Waals surface area contributed by atoms with Gasteiger partial charge in [0.05, 0.1) is 7.11 Å². The summed E-state index contributed by atoms with van der Waals surface area (Å²) in [5.41, 5.74) is 1.39. The third-order valence-electron chi connectivity index (χ3n) is 3.06. The van der Waals surface area contributed by atoms with Crippen molar-refractivity contribution in [3.05, 3.63) is 29.8 Å². The Morgan fingerprint density at radius 2 is 2.31 bits per heavy atom. The number of halogens is 1. The molecule has 3 heteroatoms. The Bertz CT molecular complexity index is 311. The predicted molar refractivity (Wildman–Crippen MR) is 69.5 cm³/mol. The van der Waals surface area contributed by atoms with E-state index in [2.05, 4.69) is 23.5 Å². The summed E-state index contributed by atoms with van der Waals surface area (Å²) in [6.45, 7) is 2.35. The van der Waals surface area contributed by atoms with Crippen LogP contribution in [0.1, 0.15) is 18.4 Å². The zero-order valence-electron chi connectivity index (χ0n) is 9.74. The van der Waals surface area contributed by atoms with E-state index in [1.54, 1.807) is 7.11 Å². The normalized spacial score (nSPS) is 19.9. The molecule has 1 aliphatic rings. The first-order valence-electron chi connectivity index (χ1n) is 5.72. The fraction of sp³-hybridized carbons (Fsp3) is 0.538. The molecule has 1 fully saturated rings. The Hall–Kier alpha value is -0.730. The van der Waals surface area contributed by atoms with Crippen molar-refractivity contribution in [3.8, 4) is 5.75 Å². The van der Waals surface area contributed by atoms with Crippen LogP contribution in [0.25, 0.3) is 0 Å². The second kappa shape index (κ2) is 6.77. The summed E-state index contributed by atoms with van der Waals surface area (Å²) >= 11 is 0. The van der Waals surface area contributed by atoms with Crippen LogP contribution in [-0.2, 0) is 6.42 Å². The number of methoxy groups -OCH3 is 1. The molecule has 2 rings (SSSR count).